The lowest BCUT2D eigenvalue weighted by Gasteiger charge is -2.32. The summed E-state index contributed by atoms with van der Waals surface area (Å²) in [5, 5.41) is 29.3. The number of methoxy groups -OCH3 is 1. The topological polar surface area (TPSA) is 141 Å². The van der Waals surface area contributed by atoms with Gasteiger partial charge in [-0.2, -0.15) is 12.6 Å². The van der Waals surface area contributed by atoms with Crippen LogP contribution in [0.4, 0.5) is 0 Å². The largest absolute Gasteiger partial charge is 0.497 e. The quantitative estimate of drug-likeness (QED) is 0.170. The van der Waals surface area contributed by atoms with Gasteiger partial charge in [-0.25, -0.2) is 4.98 Å². The van der Waals surface area contributed by atoms with Gasteiger partial charge in [0.25, 0.3) is 5.91 Å². The lowest BCUT2D eigenvalue weighted by Crippen LogP contribution is -2.48. The Kier molecular flexibility index (Phi) is 9.03. The number of amides is 1. The second-order valence-corrected chi connectivity index (χ2v) is 9.69. The number of benzene rings is 2. The molecule has 0 atom stereocenters. The molecule has 0 unspecified atom stereocenters. The Hall–Kier alpha value is -3.90. The fraction of sp³-hybridized carbons (Fsp3) is 0.300. The first kappa shape index (κ1) is 30.1. The van der Waals surface area contributed by atoms with Gasteiger partial charge in [0, 0.05) is 42.4 Å². The maximum Gasteiger partial charge on any atom is 0.369 e. The van der Waals surface area contributed by atoms with E-state index in [0.29, 0.717) is 29.5 Å². The predicted molar refractivity (Wildman–Crippen MR) is 158 cm³/mol. The minimum absolute atomic E-state index is 0.105. The summed E-state index contributed by atoms with van der Waals surface area (Å²) in [6.07, 6.45) is 7.35. The molecule has 6 rings (SSSR count). The SMILES string of the molecule is COc1ccc(C)c(C(=O)NC2(c3cc(-c4cnc(C)o4)cc4ncccc34)CC2)c1.CS.OC(O)(O)N1C=CC1. The highest BCUT2D eigenvalue weighted by Crippen LogP contribution is 2.49. The maximum absolute atomic E-state index is 13.2. The minimum Gasteiger partial charge on any atom is -0.497 e. The fourth-order valence-electron chi connectivity index (χ4n) is 4.49. The second kappa shape index (κ2) is 12.3. The molecule has 3 heterocycles. The number of oxazole rings is 1. The van der Waals surface area contributed by atoms with Crippen molar-refractivity contribution in [1.82, 2.24) is 20.2 Å². The first-order valence-electron chi connectivity index (χ1n) is 12.9. The van der Waals surface area contributed by atoms with Crippen LogP contribution in [0.25, 0.3) is 22.2 Å². The molecule has 1 aliphatic heterocycles. The van der Waals surface area contributed by atoms with Crippen LogP contribution in [-0.4, -0.2) is 62.1 Å². The summed E-state index contributed by atoms with van der Waals surface area (Å²) in [5.41, 5.74) is 3.92. The van der Waals surface area contributed by atoms with E-state index in [1.165, 1.54) is 6.20 Å². The number of aliphatic hydroxyl groups is 3. The molecule has 1 fully saturated rings. The van der Waals surface area contributed by atoms with Gasteiger partial charge in [-0.1, -0.05) is 12.1 Å². The molecule has 41 heavy (non-hydrogen) atoms. The normalized spacial score (nSPS) is 14.7. The highest BCUT2D eigenvalue weighted by Gasteiger charge is 2.47. The van der Waals surface area contributed by atoms with Gasteiger partial charge in [-0.3, -0.25) is 14.7 Å². The molecule has 4 N–H and O–H groups in total. The van der Waals surface area contributed by atoms with Crippen molar-refractivity contribution in [3.05, 3.63) is 89.7 Å². The van der Waals surface area contributed by atoms with Crippen LogP contribution in [0, 0.1) is 13.8 Å². The summed E-state index contributed by atoms with van der Waals surface area (Å²) in [7, 11) is 1.60. The third-order valence-electron chi connectivity index (χ3n) is 6.91. The standard InChI is InChI=1S/C25H23N3O3.C4H7NO3.CH4S/c1-15-6-7-18(30-3)13-20(15)24(29)28-25(8-9-25)21-11-17(23-14-27-16(2)31-23)12-22-19(21)5-4-10-26-22;6-4(7,8)5-2-1-3-5;1-2/h4-7,10-14H,8-9H2,1-3H3,(H,28,29);1-2,6-8H,3H2;2H,1H3. The van der Waals surface area contributed by atoms with E-state index >= 15 is 0 Å². The van der Waals surface area contributed by atoms with Crippen LogP contribution < -0.4 is 10.1 Å². The number of pyridine rings is 1. The Morgan fingerprint density at radius 1 is 1.12 bits per heavy atom. The van der Waals surface area contributed by atoms with Gasteiger partial charge in [0.2, 0.25) is 0 Å². The molecule has 0 bridgehead atoms. The molecule has 1 amide bonds. The number of rotatable bonds is 6. The van der Waals surface area contributed by atoms with Gasteiger partial charge in [-0.15, -0.1) is 0 Å². The third kappa shape index (κ3) is 6.71. The van der Waals surface area contributed by atoms with Crippen molar-refractivity contribution in [3.8, 4) is 17.1 Å². The van der Waals surface area contributed by atoms with Gasteiger partial charge in [0.1, 0.15) is 5.75 Å². The van der Waals surface area contributed by atoms with Crippen LogP contribution in [0.5, 0.6) is 5.75 Å². The zero-order chi connectivity index (χ0) is 29.8. The molecular weight excluding hydrogens is 544 g/mol. The number of nitrogens with zero attached hydrogens (tertiary/aromatic N) is 3. The average molecular weight is 579 g/mol. The Morgan fingerprint density at radius 3 is 2.39 bits per heavy atom. The van der Waals surface area contributed by atoms with Gasteiger partial charge >= 0.3 is 6.10 Å². The van der Waals surface area contributed by atoms with Crippen LogP contribution in [0.1, 0.15) is 40.2 Å². The molecule has 0 spiro atoms. The molecular formula is C30H34N4O6S. The molecule has 1 aliphatic carbocycles. The summed E-state index contributed by atoms with van der Waals surface area (Å²) >= 11 is 3.53. The van der Waals surface area contributed by atoms with Crippen molar-refractivity contribution in [2.24, 2.45) is 0 Å². The number of ether oxygens (including phenoxy) is 1. The number of nitrogens with one attached hydrogen (secondary N) is 1. The fourth-order valence-corrected chi connectivity index (χ4v) is 4.49. The van der Waals surface area contributed by atoms with Crippen LogP contribution in [0.2, 0.25) is 0 Å². The zero-order valence-corrected chi connectivity index (χ0v) is 24.2. The molecule has 2 aromatic carbocycles. The maximum atomic E-state index is 13.2. The first-order valence-corrected chi connectivity index (χ1v) is 13.8. The molecule has 0 radical (unpaired) electrons. The van der Waals surface area contributed by atoms with E-state index in [0.717, 1.165) is 45.3 Å². The second-order valence-electron chi connectivity index (χ2n) is 9.69. The number of fused-ring (bicyclic) bond motifs is 1. The number of carbonyl (C=O) groups excluding carboxylic acids is 1. The zero-order valence-electron chi connectivity index (χ0n) is 23.3. The third-order valence-corrected chi connectivity index (χ3v) is 6.91. The Bertz CT molecular complexity index is 1560. The smallest absolute Gasteiger partial charge is 0.369 e. The predicted octanol–water partition coefficient (Wildman–Crippen LogP) is 3.88. The highest BCUT2D eigenvalue weighted by atomic mass is 32.1. The minimum atomic E-state index is -2.66. The number of hydrogen-bond donors (Lipinski definition) is 5. The van der Waals surface area contributed by atoms with Gasteiger partial charge < -0.3 is 29.8 Å². The van der Waals surface area contributed by atoms with Crippen molar-refractivity contribution in [1.29, 1.82) is 0 Å². The van der Waals surface area contributed by atoms with E-state index in [2.05, 4.69) is 40.0 Å². The first-order chi connectivity index (χ1) is 19.6. The van der Waals surface area contributed by atoms with E-state index in [1.807, 2.05) is 38.1 Å². The number of aromatic nitrogens is 2. The van der Waals surface area contributed by atoms with E-state index < -0.39 is 11.6 Å². The van der Waals surface area contributed by atoms with Crippen molar-refractivity contribution in [2.45, 2.75) is 38.3 Å². The molecule has 10 nitrogen and oxygen atoms in total. The summed E-state index contributed by atoms with van der Waals surface area (Å²) in [4.78, 5) is 23.0. The summed E-state index contributed by atoms with van der Waals surface area (Å²) in [6, 6.07) is 13.6. The van der Waals surface area contributed by atoms with E-state index in [1.54, 1.807) is 37.9 Å². The molecule has 4 aromatic rings. The summed E-state index contributed by atoms with van der Waals surface area (Å²) in [5.74, 6) is 1.86. The van der Waals surface area contributed by atoms with Crippen LogP contribution in [0.15, 0.2) is 71.6 Å². The average Bonchev–Trinajstić information content (AvgIpc) is 3.57. The summed E-state index contributed by atoms with van der Waals surface area (Å²) < 4.78 is 11.1. The molecule has 2 aromatic heterocycles. The number of thiol groups is 1. The van der Waals surface area contributed by atoms with E-state index in [4.69, 9.17) is 24.5 Å². The molecule has 1 saturated carbocycles. The lowest BCUT2D eigenvalue weighted by molar-refractivity contribution is -0.383. The van der Waals surface area contributed by atoms with E-state index in [9.17, 15) is 4.79 Å². The van der Waals surface area contributed by atoms with Crippen molar-refractivity contribution < 1.29 is 29.3 Å². The van der Waals surface area contributed by atoms with Crippen molar-refractivity contribution in [2.75, 3.05) is 19.9 Å². The van der Waals surface area contributed by atoms with Gasteiger partial charge in [0.05, 0.1) is 24.4 Å². The Morgan fingerprint density at radius 2 is 1.85 bits per heavy atom. The number of carbonyl (C=O) groups is 1. The van der Waals surface area contributed by atoms with Crippen molar-refractivity contribution in [3.63, 3.8) is 0 Å². The van der Waals surface area contributed by atoms with Gasteiger partial charge in [0.15, 0.2) is 11.7 Å². The molecule has 0 saturated heterocycles. The monoisotopic (exact) mass is 578 g/mol. The molecule has 11 heteroatoms. The van der Waals surface area contributed by atoms with Crippen LogP contribution >= 0.6 is 12.6 Å². The van der Waals surface area contributed by atoms with Crippen LogP contribution in [-0.2, 0) is 5.54 Å². The highest BCUT2D eigenvalue weighted by molar-refractivity contribution is 7.79. The summed E-state index contributed by atoms with van der Waals surface area (Å²) in [6.45, 7) is 4.13. The molecule has 216 valence electrons. The van der Waals surface area contributed by atoms with E-state index in [-0.39, 0.29) is 5.91 Å². The number of hydrogen-bond acceptors (Lipinski definition) is 10. The molecule has 2 aliphatic rings. The number of aryl methyl sites for hydroxylation is 2. The van der Waals surface area contributed by atoms with Gasteiger partial charge in [-0.05, 0) is 73.6 Å². The Labute approximate surface area is 243 Å². The van der Waals surface area contributed by atoms with Crippen LogP contribution in [0.3, 0.4) is 0 Å². The van der Waals surface area contributed by atoms with Crippen molar-refractivity contribution >= 4 is 29.4 Å². The Balaban J connectivity index is 0.000000332. The lowest BCUT2D eigenvalue weighted by atomic mass is 9.95.